The van der Waals surface area contributed by atoms with Gasteiger partial charge in [0, 0.05) is 19.1 Å². The monoisotopic (exact) mass is 294 g/mol. The molecule has 5 heteroatoms. The third kappa shape index (κ3) is 2.38. The second kappa shape index (κ2) is 5.13. The van der Waals surface area contributed by atoms with Crippen molar-refractivity contribution in [3.63, 3.8) is 0 Å². The van der Waals surface area contributed by atoms with Crippen LogP contribution >= 0.6 is 0 Å². The zero-order chi connectivity index (χ0) is 14.3. The van der Waals surface area contributed by atoms with Crippen molar-refractivity contribution in [1.29, 1.82) is 0 Å². The van der Waals surface area contributed by atoms with Crippen LogP contribution in [-0.2, 0) is 10.0 Å². The highest BCUT2D eigenvalue weighted by Gasteiger charge is 2.40. The minimum atomic E-state index is -3.36. The average molecular weight is 294 g/mol. The van der Waals surface area contributed by atoms with E-state index in [1.807, 2.05) is 26.0 Å². The van der Waals surface area contributed by atoms with Crippen LogP contribution in [0.5, 0.6) is 0 Å². The summed E-state index contributed by atoms with van der Waals surface area (Å²) >= 11 is 0. The number of nitrogens with one attached hydrogen (secondary N) is 1. The predicted octanol–water partition coefficient (Wildman–Crippen LogP) is 1.68. The van der Waals surface area contributed by atoms with Crippen molar-refractivity contribution in [3.8, 4) is 0 Å². The average Bonchev–Trinajstić information content (AvgIpc) is 2.86. The minimum absolute atomic E-state index is 0.337. The molecule has 0 aliphatic carbocycles. The summed E-state index contributed by atoms with van der Waals surface area (Å²) in [5.41, 5.74) is 1.82. The van der Waals surface area contributed by atoms with Crippen molar-refractivity contribution in [3.05, 3.63) is 29.3 Å². The lowest BCUT2D eigenvalue weighted by molar-refractivity contribution is 0.339. The summed E-state index contributed by atoms with van der Waals surface area (Å²) in [6.45, 7) is 6.09. The molecule has 0 amide bonds. The van der Waals surface area contributed by atoms with Gasteiger partial charge in [0.25, 0.3) is 0 Å². The fourth-order valence-corrected chi connectivity index (χ4v) is 5.16. The van der Waals surface area contributed by atoms with Crippen LogP contribution in [0.2, 0.25) is 0 Å². The van der Waals surface area contributed by atoms with Crippen molar-refractivity contribution >= 4 is 10.0 Å². The summed E-state index contributed by atoms with van der Waals surface area (Å²) in [4.78, 5) is 0.469. The van der Waals surface area contributed by atoms with Crippen LogP contribution in [-0.4, -0.2) is 38.4 Å². The van der Waals surface area contributed by atoms with E-state index in [0.717, 1.165) is 30.5 Å². The Morgan fingerprint density at radius 1 is 1.25 bits per heavy atom. The molecular weight excluding hydrogens is 272 g/mol. The Bertz CT molecular complexity index is 598. The van der Waals surface area contributed by atoms with E-state index in [2.05, 4.69) is 5.32 Å². The van der Waals surface area contributed by atoms with Crippen LogP contribution in [0.3, 0.4) is 0 Å². The van der Waals surface area contributed by atoms with Crippen molar-refractivity contribution in [2.45, 2.75) is 37.6 Å². The second-order valence-corrected chi connectivity index (χ2v) is 7.96. The molecular formula is C15H22N2O2S. The van der Waals surface area contributed by atoms with Crippen molar-refractivity contribution in [2.24, 2.45) is 5.92 Å². The molecule has 2 aliphatic heterocycles. The fourth-order valence-electron chi connectivity index (χ4n) is 3.33. The van der Waals surface area contributed by atoms with Gasteiger partial charge in [0.05, 0.1) is 4.90 Å². The maximum atomic E-state index is 12.8. The Balaban J connectivity index is 1.91. The lowest BCUT2D eigenvalue weighted by Crippen LogP contribution is -2.41. The zero-order valence-electron chi connectivity index (χ0n) is 12.1. The molecule has 2 saturated heterocycles. The molecule has 110 valence electrons. The van der Waals surface area contributed by atoms with Crippen molar-refractivity contribution in [1.82, 2.24) is 9.62 Å². The molecule has 4 nitrogen and oxygen atoms in total. The number of sulfonamides is 1. The van der Waals surface area contributed by atoms with E-state index >= 15 is 0 Å². The summed E-state index contributed by atoms with van der Waals surface area (Å²) in [5, 5.41) is 3.45. The van der Waals surface area contributed by atoms with E-state index in [-0.39, 0.29) is 0 Å². The Labute approximate surface area is 121 Å². The molecule has 1 aromatic carbocycles. The van der Waals surface area contributed by atoms with Gasteiger partial charge in [0.2, 0.25) is 10.0 Å². The van der Waals surface area contributed by atoms with Gasteiger partial charge in [-0.15, -0.1) is 0 Å². The Morgan fingerprint density at radius 3 is 2.80 bits per heavy atom. The highest BCUT2D eigenvalue weighted by Crippen LogP contribution is 2.30. The van der Waals surface area contributed by atoms with Crippen LogP contribution in [0.15, 0.2) is 23.1 Å². The van der Waals surface area contributed by atoms with Gasteiger partial charge >= 0.3 is 0 Å². The van der Waals surface area contributed by atoms with Gasteiger partial charge in [-0.1, -0.05) is 12.1 Å². The lowest BCUT2D eigenvalue weighted by atomic mass is 9.94. The smallest absolute Gasteiger partial charge is 0.243 e. The zero-order valence-corrected chi connectivity index (χ0v) is 12.9. The van der Waals surface area contributed by atoms with Gasteiger partial charge in [-0.05, 0) is 56.3 Å². The standard InChI is InChI=1S/C15H22N2O2S/c1-11-5-6-12(2)15(8-11)20(18,19)17-9-13-4-3-7-16-14(13)10-17/h5-6,8,13-14,16H,3-4,7,9-10H2,1-2H3/t13-,14+/m0/s1. The topological polar surface area (TPSA) is 49.4 Å². The van der Waals surface area contributed by atoms with Crippen LogP contribution < -0.4 is 5.32 Å². The van der Waals surface area contributed by atoms with Crippen molar-refractivity contribution < 1.29 is 8.42 Å². The van der Waals surface area contributed by atoms with Gasteiger partial charge in [-0.25, -0.2) is 8.42 Å². The first-order chi connectivity index (χ1) is 9.48. The van der Waals surface area contributed by atoms with E-state index in [4.69, 9.17) is 0 Å². The third-order valence-corrected chi connectivity index (χ3v) is 6.50. The van der Waals surface area contributed by atoms with Gasteiger partial charge < -0.3 is 5.32 Å². The normalized spacial score (nSPS) is 27.5. The number of fused-ring (bicyclic) bond motifs is 1. The molecule has 2 aliphatic rings. The number of benzene rings is 1. The SMILES string of the molecule is Cc1ccc(C)c(S(=O)(=O)N2C[C@@H]3CCCN[C@@H]3C2)c1. The Hall–Kier alpha value is -0.910. The first-order valence-electron chi connectivity index (χ1n) is 7.29. The van der Waals surface area contributed by atoms with Gasteiger partial charge in [-0.2, -0.15) is 4.31 Å². The quantitative estimate of drug-likeness (QED) is 0.903. The lowest BCUT2D eigenvalue weighted by Gasteiger charge is -2.24. The molecule has 2 heterocycles. The summed E-state index contributed by atoms with van der Waals surface area (Å²) in [5.74, 6) is 0.476. The fraction of sp³-hybridized carbons (Fsp3) is 0.600. The molecule has 3 rings (SSSR count). The van der Waals surface area contributed by atoms with Crippen LogP contribution in [0.4, 0.5) is 0 Å². The number of nitrogens with zero attached hydrogens (tertiary/aromatic N) is 1. The molecule has 0 aromatic heterocycles. The number of rotatable bonds is 2. The molecule has 1 aromatic rings. The molecule has 1 N–H and O–H groups in total. The second-order valence-electron chi connectivity index (χ2n) is 6.05. The van der Waals surface area contributed by atoms with Gasteiger partial charge in [-0.3, -0.25) is 0 Å². The van der Waals surface area contributed by atoms with Crippen LogP contribution in [0, 0.1) is 19.8 Å². The first kappa shape index (κ1) is 14.0. The van der Waals surface area contributed by atoms with E-state index in [9.17, 15) is 8.42 Å². The van der Waals surface area contributed by atoms with E-state index in [1.54, 1.807) is 10.4 Å². The summed E-state index contributed by atoms with van der Waals surface area (Å²) < 4.78 is 27.4. The maximum absolute atomic E-state index is 12.8. The molecule has 0 spiro atoms. The third-order valence-electron chi connectivity index (χ3n) is 4.53. The van der Waals surface area contributed by atoms with E-state index in [0.29, 0.717) is 29.9 Å². The molecule has 2 atom stereocenters. The van der Waals surface area contributed by atoms with Crippen LogP contribution in [0.25, 0.3) is 0 Å². The molecule has 0 bridgehead atoms. The number of aryl methyl sites for hydroxylation is 2. The molecule has 2 fully saturated rings. The largest absolute Gasteiger partial charge is 0.312 e. The summed E-state index contributed by atoms with van der Waals surface area (Å²) in [6.07, 6.45) is 2.29. The van der Waals surface area contributed by atoms with Gasteiger partial charge in [0.1, 0.15) is 0 Å². The summed E-state index contributed by atoms with van der Waals surface area (Å²) in [6, 6.07) is 5.98. The Morgan fingerprint density at radius 2 is 2.05 bits per heavy atom. The predicted molar refractivity (Wildman–Crippen MR) is 79.2 cm³/mol. The number of hydrogen-bond donors (Lipinski definition) is 1. The molecule has 20 heavy (non-hydrogen) atoms. The minimum Gasteiger partial charge on any atom is -0.312 e. The van der Waals surface area contributed by atoms with Crippen molar-refractivity contribution in [2.75, 3.05) is 19.6 Å². The number of hydrogen-bond acceptors (Lipinski definition) is 3. The molecule has 0 saturated carbocycles. The molecule has 0 unspecified atom stereocenters. The van der Waals surface area contributed by atoms with Gasteiger partial charge in [0.15, 0.2) is 0 Å². The highest BCUT2D eigenvalue weighted by molar-refractivity contribution is 7.89. The first-order valence-corrected chi connectivity index (χ1v) is 8.73. The van der Waals surface area contributed by atoms with Crippen LogP contribution in [0.1, 0.15) is 24.0 Å². The Kier molecular flexibility index (Phi) is 3.60. The number of piperidine rings is 1. The summed E-state index contributed by atoms with van der Waals surface area (Å²) in [7, 11) is -3.36. The van der Waals surface area contributed by atoms with E-state index < -0.39 is 10.0 Å². The maximum Gasteiger partial charge on any atom is 0.243 e. The van der Waals surface area contributed by atoms with E-state index in [1.165, 1.54) is 0 Å². The molecule has 0 radical (unpaired) electrons. The highest BCUT2D eigenvalue weighted by atomic mass is 32.2.